The first kappa shape index (κ1) is 19.5. The van der Waals surface area contributed by atoms with E-state index in [0.717, 1.165) is 25.8 Å². The van der Waals surface area contributed by atoms with Gasteiger partial charge in [-0.2, -0.15) is 0 Å². The molecule has 0 saturated carbocycles. The number of Topliss-reactive ketones (excluding diaryl/α,β-unsaturated/α-hetero) is 1. The molecule has 1 unspecified atom stereocenters. The summed E-state index contributed by atoms with van der Waals surface area (Å²) in [6, 6.07) is 6.92. The van der Waals surface area contributed by atoms with Crippen LogP contribution in [0.25, 0.3) is 0 Å². The summed E-state index contributed by atoms with van der Waals surface area (Å²) in [5, 5.41) is 0. The quantitative estimate of drug-likeness (QED) is 0.568. The summed E-state index contributed by atoms with van der Waals surface area (Å²) >= 11 is 0. The van der Waals surface area contributed by atoms with Crippen LogP contribution in [-0.4, -0.2) is 67.3 Å². The number of amides is 2. The van der Waals surface area contributed by atoms with E-state index in [-0.39, 0.29) is 17.6 Å². The Hall–Kier alpha value is -2.21. The molecule has 3 rings (SSSR count). The molecule has 0 radical (unpaired) electrons. The van der Waals surface area contributed by atoms with Gasteiger partial charge < -0.3 is 14.5 Å². The average Bonchev–Trinajstić information content (AvgIpc) is 3.10. The van der Waals surface area contributed by atoms with Crippen LogP contribution in [0.4, 0.5) is 0 Å². The van der Waals surface area contributed by atoms with Gasteiger partial charge in [0.25, 0.3) is 5.91 Å². The Kier molecular flexibility index (Phi) is 5.95. The predicted molar refractivity (Wildman–Crippen MR) is 102 cm³/mol. The Morgan fingerprint density at radius 1 is 1.15 bits per heavy atom. The Labute approximate surface area is 160 Å². The van der Waals surface area contributed by atoms with Crippen LogP contribution in [0.15, 0.2) is 24.3 Å². The molecule has 1 aromatic carbocycles. The van der Waals surface area contributed by atoms with Gasteiger partial charge in [-0.15, -0.1) is 0 Å². The van der Waals surface area contributed by atoms with Crippen LogP contribution in [0.2, 0.25) is 0 Å². The maximum atomic E-state index is 13.1. The Balaban J connectivity index is 1.73. The van der Waals surface area contributed by atoms with Crippen LogP contribution >= 0.6 is 0 Å². The van der Waals surface area contributed by atoms with E-state index in [1.54, 1.807) is 36.3 Å². The standard InChI is InChI=1S/C21H28N2O4/c1-16(24)17-7-3-4-8-18(17)19(25)23-13-10-21(15-23)9-5-11-22(20(21)26)12-6-14-27-2/h3-4,7-8H,5-6,9-15H2,1-2H3. The molecule has 0 aromatic heterocycles. The summed E-state index contributed by atoms with van der Waals surface area (Å²) in [6.07, 6.45) is 3.31. The van der Waals surface area contributed by atoms with Gasteiger partial charge in [-0.05, 0) is 38.7 Å². The Morgan fingerprint density at radius 3 is 2.59 bits per heavy atom. The van der Waals surface area contributed by atoms with Crippen LogP contribution in [-0.2, 0) is 9.53 Å². The summed E-state index contributed by atoms with van der Waals surface area (Å²) in [6.45, 7) is 4.60. The normalized spacial score (nSPS) is 22.5. The van der Waals surface area contributed by atoms with Crippen LogP contribution in [0.1, 0.15) is 53.3 Å². The van der Waals surface area contributed by atoms with Gasteiger partial charge in [0.1, 0.15) is 0 Å². The van der Waals surface area contributed by atoms with E-state index < -0.39 is 5.41 Å². The number of ketones is 1. The minimum absolute atomic E-state index is 0.120. The first-order chi connectivity index (χ1) is 13.0. The molecule has 0 bridgehead atoms. The zero-order chi connectivity index (χ0) is 19.4. The van der Waals surface area contributed by atoms with Gasteiger partial charge in [0.05, 0.1) is 11.0 Å². The molecule has 1 spiro atoms. The molecule has 146 valence electrons. The van der Waals surface area contributed by atoms with Crippen molar-refractivity contribution in [3.63, 3.8) is 0 Å². The zero-order valence-electron chi connectivity index (χ0n) is 16.2. The first-order valence-electron chi connectivity index (χ1n) is 9.66. The third kappa shape index (κ3) is 3.90. The van der Waals surface area contributed by atoms with Crippen molar-refractivity contribution >= 4 is 17.6 Å². The molecule has 2 fully saturated rings. The average molecular weight is 372 g/mol. The second-order valence-electron chi connectivity index (χ2n) is 7.60. The summed E-state index contributed by atoms with van der Waals surface area (Å²) in [7, 11) is 1.67. The molecule has 1 atom stereocenters. The van der Waals surface area contributed by atoms with Gasteiger partial charge in [-0.1, -0.05) is 18.2 Å². The number of carbonyl (C=O) groups is 3. The predicted octanol–water partition coefficient (Wildman–Crippen LogP) is 2.38. The number of rotatable bonds is 6. The highest BCUT2D eigenvalue weighted by Gasteiger charge is 2.49. The van der Waals surface area contributed by atoms with Gasteiger partial charge in [-0.3, -0.25) is 14.4 Å². The molecule has 6 heteroatoms. The maximum Gasteiger partial charge on any atom is 0.254 e. The lowest BCUT2D eigenvalue weighted by molar-refractivity contribution is -0.145. The van der Waals surface area contributed by atoms with Gasteiger partial charge >= 0.3 is 0 Å². The Morgan fingerprint density at radius 2 is 1.89 bits per heavy atom. The van der Waals surface area contributed by atoms with E-state index in [4.69, 9.17) is 4.74 Å². The van der Waals surface area contributed by atoms with Crippen molar-refractivity contribution in [2.75, 3.05) is 39.9 Å². The molecule has 27 heavy (non-hydrogen) atoms. The molecule has 0 aliphatic carbocycles. The molecule has 2 heterocycles. The number of ether oxygens (including phenoxy) is 1. The van der Waals surface area contributed by atoms with Crippen molar-refractivity contribution in [1.82, 2.24) is 9.80 Å². The molecule has 2 aliphatic rings. The third-order valence-corrected chi connectivity index (χ3v) is 5.78. The van der Waals surface area contributed by atoms with Crippen LogP contribution in [0, 0.1) is 5.41 Å². The number of hydrogen-bond acceptors (Lipinski definition) is 4. The number of carbonyl (C=O) groups excluding carboxylic acids is 3. The van der Waals surface area contributed by atoms with E-state index in [0.29, 0.717) is 43.8 Å². The number of likely N-dealkylation sites (tertiary alicyclic amines) is 2. The second kappa shape index (κ2) is 8.21. The van der Waals surface area contributed by atoms with Crippen molar-refractivity contribution in [2.24, 2.45) is 5.41 Å². The van der Waals surface area contributed by atoms with Crippen LogP contribution < -0.4 is 0 Å². The maximum absolute atomic E-state index is 13.1. The second-order valence-corrected chi connectivity index (χ2v) is 7.60. The summed E-state index contributed by atoms with van der Waals surface area (Å²) in [5.41, 5.74) is 0.411. The SMILES string of the molecule is COCCCN1CCCC2(CCN(C(=O)c3ccccc3C(C)=O)C2)C1=O. The fourth-order valence-electron chi connectivity index (χ4n) is 4.34. The molecule has 2 aliphatic heterocycles. The van der Waals surface area contributed by atoms with Gasteiger partial charge in [-0.25, -0.2) is 0 Å². The molecule has 2 saturated heterocycles. The molecule has 2 amide bonds. The molecule has 1 aromatic rings. The highest BCUT2D eigenvalue weighted by molar-refractivity contribution is 6.07. The monoisotopic (exact) mass is 372 g/mol. The van der Waals surface area contributed by atoms with Crippen LogP contribution in [0.5, 0.6) is 0 Å². The van der Waals surface area contributed by atoms with Gasteiger partial charge in [0, 0.05) is 45.5 Å². The highest BCUT2D eigenvalue weighted by Crippen LogP contribution is 2.40. The zero-order valence-corrected chi connectivity index (χ0v) is 16.2. The fourth-order valence-corrected chi connectivity index (χ4v) is 4.34. The lowest BCUT2D eigenvalue weighted by atomic mass is 9.78. The van der Waals surface area contributed by atoms with Crippen LogP contribution in [0.3, 0.4) is 0 Å². The largest absolute Gasteiger partial charge is 0.385 e. The van der Waals surface area contributed by atoms with Crippen molar-refractivity contribution in [1.29, 1.82) is 0 Å². The van der Waals surface area contributed by atoms with Gasteiger partial charge in [0.15, 0.2) is 5.78 Å². The minimum atomic E-state index is -0.466. The highest BCUT2D eigenvalue weighted by atomic mass is 16.5. The van der Waals surface area contributed by atoms with Crippen molar-refractivity contribution in [3.8, 4) is 0 Å². The van der Waals surface area contributed by atoms with Crippen molar-refractivity contribution < 1.29 is 19.1 Å². The smallest absolute Gasteiger partial charge is 0.254 e. The van der Waals surface area contributed by atoms with E-state index in [2.05, 4.69) is 0 Å². The lowest BCUT2D eigenvalue weighted by Crippen LogP contribution is -2.50. The summed E-state index contributed by atoms with van der Waals surface area (Å²) < 4.78 is 5.09. The number of hydrogen-bond donors (Lipinski definition) is 0. The third-order valence-electron chi connectivity index (χ3n) is 5.78. The molecular formula is C21H28N2O4. The Bertz CT molecular complexity index is 733. The first-order valence-corrected chi connectivity index (χ1v) is 9.66. The number of piperidine rings is 1. The number of methoxy groups -OCH3 is 1. The summed E-state index contributed by atoms with van der Waals surface area (Å²) in [5.74, 6) is -0.104. The summed E-state index contributed by atoms with van der Waals surface area (Å²) in [4.78, 5) is 41.7. The van der Waals surface area contributed by atoms with E-state index in [1.807, 2.05) is 4.90 Å². The molecular weight excluding hydrogens is 344 g/mol. The van der Waals surface area contributed by atoms with E-state index in [1.165, 1.54) is 6.92 Å². The fraction of sp³-hybridized carbons (Fsp3) is 0.571. The van der Waals surface area contributed by atoms with E-state index in [9.17, 15) is 14.4 Å². The number of nitrogens with zero attached hydrogens (tertiary/aromatic N) is 2. The molecule has 0 N–H and O–H groups in total. The van der Waals surface area contributed by atoms with E-state index >= 15 is 0 Å². The molecule has 6 nitrogen and oxygen atoms in total. The van der Waals surface area contributed by atoms with Crippen molar-refractivity contribution in [2.45, 2.75) is 32.6 Å². The topological polar surface area (TPSA) is 66.9 Å². The van der Waals surface area contributed by atoms with Crippen molar-refractivity contribution in [3.05, 3.63) is 35.4 Å². The number of benzene rings is 1. The lowest BCUT2D eigenvalue weighted by Gasteiger charge is -2.39. The minimum Gasteiger partial charge on any atom is -0.385 e. The van der Waals surface area contributed by atoms with Gasteiger partial charge in [0.2, 0.25) is 5.91 Å².